The maximum atomic E-state index is 8.89. The zero-order valence-electron chi connectivity index (χ0n) is 11.1. The lowest BCUT2D eigenvalue weighted by molar-refractivity contribution is 0.197. The summed E-state index contributed by atoms with van der Waals surface area (Å²) in [6, 6.07) is 10.9. The van der Waals surface area contributed by atoms with E-state index in [1.54, 1.807) is 0 Å². The van der Waals surface area contributed by atoms with Gasteiger partial charge in [0, 0.05) is 18.5 Å². The van der Waals surface area contributed by atoms with Gasteiger partial charge in [-0.3, -0.25) is 4.90 Å². The number of nitrogens with zero attached hydrogens (tertiary/aromatic N) is 2. The summed E-state index contributed by atoms with van der Waals surface area (Å²) in [7, 11) is 0. The Bertz CT molecular complexity index is 436. The molecule has 0 saturated heterocycles. The van der Waals surface area contributed by atoms with Gasteiger partial charge in [0.15, 0.2) is 0 Å². The highest BCUT2D eigenvalue weighted by atomic mass is 16.5. The smallest absolute Gasteiger partial charge is 0.122 e. The van der Waals surface area contributed by atoms with Gasteiger partial charge in [-0.05, 0) is 31.9 Å². The van der Waals surface area contributed by atoms with Crippen molar-refractivity contribution in [3.8, 4) is 11.8 Å². The summed E-state index contributed by atoms with van der Waals surface area (Å²) in [6.07, 6.45) is 1.03. The fourth-order valence-electron chi connectivity index (χ4n) is 2.44. The van der Waals surface area contributed by atoms with E-state index in [2.05, 4.69) is 36.9 Å². The van der Waals surface area contributed by atoms with Crippen LogP contribution in [0.25, 0.3) is 0 Å². The van der Waals surface area contributed by atoms with Crippen molar-refractivity contribution < 1.29 is 4.74 Å². The molecule has 0 amide bonds. The van der Waals surface area contributed by atoms with Gasteiger partial charge in [-0.15, -0.1) is 0 Å². The Hall–Kier alpha value is -1.53. The van der Waals surface area contributed by atoms with Crippen molar-refractivity contribution in [2.75, 3.05) is 19.7 Å². The Morgan fingerprint density at radius 3 is 2.94 bits per heavy atom. The van der Waals surface area contributed by atoms with Crippen molar-refractivity contribution in [3.63, 3.8) is 0 Å². The van der Waals surface area contributed by atoms with E-state index < -0.39 is 0 Å². The Kier molecular flexibility index (Phi) is 4.22. The van der Waals surface area contributed by atoms with E-state index in [4.69, 9.17) is 10.00 Å². The lowest BCUT2D eigenvalue weighted by Gasteiger charge is -2.32. The summed E-state index contributed by atoms with van der Waals surface area (Å²) in [5.74, 6) is 1.49. The molecule has 3 nitrogen and oxygen atoms in total. The summed E-state index contributed by atoms with van der Waals surface area (Å²) in [5, 5.41) is 8.89. The lowest BCUT2D eigenvalue weighted by Crippen LogP contribution is -2.36. The average Bonchev–Trinajstić information content (AvgIpc) is 2.38. The molecule has 2 rings (SSSR count). The number of para-hydroxylation sites is 1. The highest BCUT2D eigenvalue weighted by molar-refractivity contribution is 5.37. The summed E-state index contributed by atoms with van der Waals surface area (Å²) in [6.45, 7) is 6.49. The predicted octanol–water partition coefficient (Wildman–Crippen LogP) is 2.79. The quantitative estimate of drug-likeness (QED) is 0.764. The van der Waals surface area contributed by atoms with Gasteiger partial charge in [0.25, 0.3) is 0 Å². The number of fused-ring (bicyclic) bond motifs is 1. The second-order valence-corrected chi connectivity index (χ2v) is 5.05. The van der Waals surface area contributed by atoms with Crippen molar-refractivity contribution in [2.24, 2.45) is 0 Å². The molecule has 1 unspecified atom stereocenters. The predicted molar refractivity (Wildman–Crippen MR) is 71.6 cm³/mol. The molecule has 0 aliphatic carbocycles. The molecule has 1 aromatic rings. The topological polar surface area (TPSA) is 36.3 Å². The average molecular weight is 244 g/mol. The van der Waals surface area contributed by atoms with Crippen LogP contribution >= 0.6 is 0 Å². The van der Waals surface area contributed by atoms with Crippen LogP contribution < -0.4 is 4.74 Å². The number of hydrogen-bond donors (Lipinski definition) is 0. The van der Waals surface area contributed by atoms with Crippen molar-refractivity contribution in [1.29, 1.82) is 5.26 Å². The SMILES string of the molecule is CC(C)N(CC#N)CC1CCOc2ccccc21. The summed E-state index contributed by atoms with van der Waals surface area (Å²) < 4.78 is 5.67. The van der Waals surface area contributed by atoms with Crippen LogP contribution in [0.1, 0.15) is 31.7 Å². The molecule has 0 aromatic heterocycles. The number of nitriles is 1. The van der Waals surface area contributed by atoms with E-state index in [-0.39, 0.29) is 0 Å². The van der Waals surface area contributed by atoms with E-state index >= 15 is 0 Å². The summed E-state index contributed by atoms with van der Waals surface area (Å²) in [5.41, 5.74) is 1.28. The Labute approximate surface area is 109 Å². The molecule has 0 saturated carbocycles. The maximum Gasteiger partial charge on any atom is 0.122 e. The first kappa shape index (κ1) is 12.9. The molecule has 1 heterocycles. The minimum Gasteiger partial charge on any atom is -0.493 e. The minimum absolute atomic E-state index is 0.402. The normalized spacial score (nSPS) is 18.3. The molecule has 0 radical (unpaired) electrons. The zero-order valence-corrected chi connectivity index (χ0v) is 11.1. The van der Waals surface area contributed by atoms with E-state index in [9.17, 15) is 0 Å². The first-order valence-electron chi connectivity index (χ1n) is 6.55. The van der Waals surface area contributed by atoms with Crippen molar-refractivity contribution >= 4 is 0 Å². The molecule has 0 bridgehead atoms. The molecule has 3 heteroatoms. The molecule has 1 aliphatic heterocycles. The molecule has 1 aliphatic rings. The maximum absolute atomic E-state index is 8.89. The van der Waals surface area contributed by atoms with Crippen LogP contribution in [0.3, 0.4) is 0 Å². The second kappa shape index (κ2) is 5.88. The molecule has 18 heavy (non-hydrogen) atoms. The van der Waals surface area contributed by atoms with Crippen LogP contribution in [0.5, 0.6) is 5.75 Å². The molecular formula is C15H20N2O. The van der Waals surface area contributed by atoms with Gasteiger partial charge in [-0.1, -0.05) is 18.2 Å². The fourth-order valence-corrected chi connectivity index (χ4v) is 2.44. The molecule has 0 N–H and O–H groups in total. The Balaban J connectivity index is 2.13. The van der Waals surface area contributed by atoms with Crippen LogP contribution in [-0.2, 0) is 0 Å². The molecule has 0 spiro atoms. The Morgan fingerprint density at radius 1 is 1.44 bits per heavy atom. The number of benzene rings is 1. The number of rotatable bonds is 4. The van der Waals surface area contributed by atoms with Crippen molar-refractivity contribution in [3.05, 3.63) is 29.8 Å². The van der Waals surface area contributed by atoms with Crippen molar-refractivity contribution in [2.45, 2.75) is 32.2 Å². The summed E-state index contributed by atoms with van der Waals surface area (Å²) >= 11 is 0. The molecule has 96 valence electrons. The molecular weight excluding hydrogens is 224 g/mol. The summed E-state index contributed by atoms with van der Waals surface area (Å²) in [4.78, 5) is 2.23. The van der Waals surface area contributed by atoms with Crippen LogP contribution in [-0.4, -0.2) is 30.6 Å². The second-order valence-electron chi connectivity index (χ2n) is 5.05. The monoisotopic (exact) mass is 244 g/mol. The third kappa shape index (κ3) is 2.83. The van der Waals surface area contributed by atoms with Crippen molar-refractivity contribution in [1.82, 2.24) is 4.90 Å². The van der Waals surface area contributed by atoms with Gasteiger partial charge in [0.1, 0.15) is 5.75 Å². The van der Waals surface area contributed by atoms with Gasteiger partial charge >= 0.3 is 0 Å². The van der Waals surface area contributed by atoms with Gasteiger partial charge in [0.2, 0.25) is 0 Å². The van der Waals surface area contributed by atoms with Crippen LogP contribution in [0.2, 0.25) is 0 Å². The van der Waals surface area contributed by atoms with Gasteiger partial charge in [-0.25, -0.2) is 0 Å². The third-order valence-corrected chi connectivity index (χ3v) is 3.54. The van der Waals surface area contributed by atoms with Crippen LogP contribution in [0, 0.1) is 11.3 Å². The number of hydrogen-bond acceptors (Lipinski definition) is 3. The standard InChI is InChI=1S/C15H20N2O/c1-12(2)17(9-8-16)11-13-7-10-18-15-6-4-3-5-14(13)15/h3-6,12-13H,7,9-11H2,1-2H3. The van der Waals surface area contributed by atoms with E-state index in [0.717, 1.165) is 25.3 Å². The van der Waals surface area contributed by atoms with E-state index in [1.165, 1.54) is 5.56 Å². The van der Waals surface area contributed by atoms with Crippen LogP contribution in [0.4, 0.5) is 0 Å². The molecule has 1 atom stereocenters. The van der Waals surface area contributed by atoms with Gasteiger partial charge in [0.05, 0.1) is 19.2 Å². The highest BCUT2D eigenvalue weighted by Crippen LogP contribution is 2.33. The first-order chi connectivity index (χ1) is 8.72. The first-order valence-corrected chi connectivity index (χ1v) is 6.55. The minimum atomic E-state index is 0.402. The van der Waals surface area contributed by atoms with E-state index in [1.807, 2.05) is 12.1 Å². The largest absolute Gasteiger partial charge is 0.493 e. The molecule has 1 aromatic carbocycles. The van der Waals surface area contributed by atoms with Gasteiger partial charge < -0.3 is 4.74 Å². The van der Waals surface area contributed by atoms with Gasteiger partial charge in [-0.2, -0.15) is 5.26 Å². The lowest BCUT2D eigenvalue weighted by atomic mass is 9.92. The third-order valence-electron chi connectivity index (χ3n) is 3.54. The zero-order chi connectivity index (χ0) is 13.0. The number of ether oxygens (including phenoxy) is 1. The molecule has 0 fully saturated rings. The van der Waals surface area contributed by atoms with Crippen LogP contribution in [0.15, 0.2) is 24.3 Å². The highest BCUT2D eigenvalue weighted by Gasteiger charge is 2.24. The Morgan fingerprint density at radius 2 is 2.22 bits per heavy atom. The van der Waals surface area contributed by atoms with E-state index in [0.29, 0.717) is 18.5 Å². The fraction of sp³-hybridized carbons (Fsp3) is 0.533.